The van der Waals surface area contributed by atoms with Crippen LogP contribution in [0, 0.1) is 0 Å². The predicted octanol–water partition coefficient (Wildman–Crippen LogP) is 3.57. The number of aliphatic carboxylic acids is 1. The van der Waals surface area contributed by atoms with Crippen molar-refractivity contribution >= 4 is 23.8 Å². The lowest BCUT2D eigenvalue weighted by Crippen LogP contribution is -2.42. The first kappa shape index (κ1) is 27.5. The van der Waals surface area contributed by atoms with Crippen molar-refractivity contribution in [2.45, 2.75) is 64.0 Å². The summed E-state index contributed by atoms with van der Waals surface area (Å²) in [6.45, 7) is -0.0487. The molecule has 2 aromatic carbocycles. The molecule has 0 aliphatic carbocycles. The fourth-order valence-corrected chi connectivity index (χ4v) is 3.55. The SMILES string of the molecule is O=C(CCCCCCC(=O)NO)Cc1cccc(COC(=O)N[C@@H](Cc2ccccc2)C(=O)O)c1. The molecule has 0 aromatic heterocycles. The average Bonchev–Trinajstić information content (AvgIpc) is 2.85. The molecule has 0 fully saturated rings. The molecule has 2 rings (SSSR count). The van der Waals surface area contributed by atoms with E-state index in [0.717, 1.165) is 30.4 Å². The van der Waals surface area contributed by atoms with E-state index in [9.17, 15) is 24.3 Å². The van der Waals surface area contributed by atoms with Crippen molar-refractivity contribution in [3.05, 3.63) is 71.3 Å². The first-order chi connectivity index (χ1) is 16.9. The summed E-state index contributed by atoms with van der Waals surface area (Å²) in [5.74, 6) is -1.46. The number of hydroxylamine groups is 1. The molecule has 0 aliphatic rings. The Morgan fingerprint density at radius 3 is 2.17 bits per heavy atom. The van der Waals surface area contributed by atoms with Crippen molar-refractivity contribution < 1.29 is 34.2 Å². The predicted molar refractivity (Wildman–Crippen MR) is 128 cm³/mol. The molecule has 0 saturated heterocycles. The topological polar surface area (TPSA) is 142 Å². The number of carbonyl (C=O) groups is 4. The fraction of sp³-hybridized carbons (Fsp3) is 0.385. The molecule has 0 aliphatic heterocycles. The third-order valence-electron chi connectivity index (χ3n) is 5.37. The van der Waals surface area contributed by atoms with E-state index in [0.29, 0.717) is 18.4 Å². The van der Waals surface area contributed by atoms with E-state index in [-0.39, 0.29) is 31.7 Å². The molecular formula is C26H32N2O7. The van der Waals surface area contributed by atoms with E-state index in [4.69, 9.17) is 9.94 Å². The highest BCUT2D eigenvalue weighted by molar-refractivity contribution is 5.81. The number of carbonyl (C=O) groups excluding carboxylic acids is 3. The second kappa shape index (κ2) is 15.2. The molecule has 1 atom stereocenters. The molecule has 0 spiro atoms. The Labute approximate surface area is 204 Å². The molecule has 2 amide bonds. The summed E-state index contributed by atoms with van der Waals surface area (Å²) in [6, 6.07) is 15.0. The Kier molecular flexibility index (Phi) is 12.0. The molecule has 35 heavy (non-hydrogen) atoms. The minimum atomic E-state index is -1.15. The normalized spacial score (nSPS) is 11.3. The highest BCUT2D eigenvalue weighted by atomic mass is 16.5. The number of carboxylic acids is 1. The summed E-state index contributed by atoms with van der Waals surface area (Å²) in [7, 11) is 0. The van der Waals surface area contributed by atoms with Crippen LogP contribution in [0.3, 0.4) is 0 Å². The number of hydrogen-bond acceptors (Lipinski definition) is 6. The number of unbranched alkanes of at least 4 members (excludes halogenated alkanes) is 3. The van der Waals surface area contributed by atoms with Crippen LogP contribution in [0.5, 0.6) is 0 Å². The van der Waals surface area contributed by atoms with Gasteiger partial charge >= 0.3 is 12.1 Å². The molecule has 9 nitrogen and oxygen atoms in total. The Morgan fingerprint density at radius 1 is 0.829 bits per heavy atom. The fourth-order valence-electron chi connectivity index (χ4n) is 3.55. The summed E-state index contributed by atoms with van der Waals surface area (Å²) in [5.41, 5.74) is 3.88. The quantitative estimate of drug-likeness (QED) is 0.172. The summed E-state index contributed by atoms with van der Waals surface area (Å²) in [6.07, 6.45) is 3.32. The van der Waals surface area contributed by atoms with E-state index in [1.807, 2.05) is 12.1 Å². The van der Waals surface area contributed by atoms with Gasteiger partial charge in [0.2, 0.25) is 5.91 Å². The van der Waals surface area contributed by atoms with E-state index in [1.165, 1.54) is 0 Å². The largest absolute Gasteiger partial charge is 0.480 e. The van der Waals surface area contributed by atoms with Crippen molar-refractivity contribution in [1.29, 1.82) is 0 Å². The smallest absolute Gasteiger partial charge is 0.408 e. The number of amides is 2. The Hall–Kier alpha value is -3.72. The van der Waals surface area contributed by atoms with Crippen LogP contribution in [0.15, 0.2) is 54.6 Å². The van der Waals surface area contributed by atoms with Crippen LogP contribution < -0.4 is 10.8 Å². The molecule has 2 aromatic rings. The standard InChI is InChI=1S/C26H32N2O7/c29-22(13-6-1-2-7-14-24(30)28-34)16-20-11-8-12-21(15-20)18-35-26(33)27-23(25(31)32)17-19-9-4-3-5-10-19/h3-5,8-12,15,23,34H,1-2,6-7,13-14,16-18H2,(H,27,33)(H,28,30)(H,31,32)/t23-/m0/s1. The Bertz CT molecular complexity index is 979. The lowest BCUT2D eigenvalue weighted by Gasteiger charge is -2.15. The third-order valence-corrected chi connectivity index (χ3v) is 5.37. The summed E-state index contributed by atoms with van der Waals surface area (Å²) < 4.78 is 5.19. The molecule has 0 heterocycles. The first-order valence-electron chi connectivity index (χ1n) is 11.6. The number of rotatable bonds is 15. The van der Waals surface area contributed by atoms with E-state index in [1.54, 1.807) is 47.9 Å². The number of carboxylic acid groups (broad SMARTS) is 1. The van der Waals surface area contributed by atoms with Crippen LogP contribution in [0.1, 0.15) is 55.2 Å². The molecule has 0 radical (unpaired) electrons. The minimum Gasteiger partial charge on any atom is -0.480 e. The van der Waals surface area contributed by atoms with Crippen molar-refractivity contribution in [3.8, 4) is 0 Å². The Morgan fingerprint density at radius 2 is 1.49 bits per heavy atom. The van der Waals surface area contributed by atoms with Crippen LogP contribution in [-0.2, 0) is 38.6 Å². The maximum absolute atomic E-state index is 12.3. The molecule has 4 N–H and O–H groups in total. The first-order valence-corrected chi connectivity index (χ1v) is 11.6. The summed E-state index contributed by atoms with van der Waals surface area (Å²) >= 11 is 0. The monoisotopic (exact) mass is 484 g/mol. The number of ether oxygens (including phenoxy) is 1. The second-order valence-electron chi connectivity index (χ2n) is 8.29. The van der Waals surface area contributed by atoms with Crippen LogP contribution in [0.4, 0.5) is 4.79 Å². The maximum atomic E-state index is 12.3. The zero-order valence-corrected chi connectivity index (χ0v) is 19.6. The van der Waals surface area contributed by atoms with Gasteiger partial charge < -0.3 is 15.2 Å². The highest BCUT2D eigenvalue weighted by Crippen LogP contribution is 2.12. The highest BCUT2D eigenvalue weighted by Gasteiger charge is 2.21. The number of nitrogens with one attached hydrogen (secondary N) is 2. The lowest BCUT2D eigenvalue weighted by molar-refractivity contribution is -0.139. The minimum absolute atomic E-state index is 0.0487. The van der Waals surface area contributed by atoms with Crippen LogP contribution in [-0.4, -0.2) is 40.1 Å². The third kappa shape index (κ3) is 11.3. The van der Waals surface area contributed by atoms with Crippen molar-refractivity contribution in [1.82, 2.24) is 10.8 Å². The van der Waals surface area contributed by atoms with Gasteiger partial charge in [0, 0.05) is 25.7 Å². The second-order valence-corrected chi connectivity index (χ2v) is 8.29. The number of benzene rings is 2. The van der Waals surface area contributed by atoms with Gasteiger partial charge in [-0.1, -0.05) is 67.4 Å². The van der Waals surface area contributed by atoms with Gasteiger partial charge in [0.15, 0.2) is 0 Å². The van der Waals surface area contributed by atoms with Crippen LogP contribution in [0.2, 0.25) is 0 Å². The van der Waals surface area contributed by atoms with E-state index in [2.05, 4.69) is 5.32 Å². The number of ketones is 1. The van der Waals surface area contributed by atoms with Crippen molar-refractivity contribution in [2.24, 2.45) is 0 Å². The molecular weight excluding hydrogens is 452 g/mol. The zero-order valence-electron chi connectivity index (χ0n) is 19.6. The number of Topliss-reactive ketones (excluding diaryl/α,β-unsaturated/α-hetero) is 1. The van der Waals surface area contributed by atoms with Crippen LogP contribution in [0.25, 0.3) is 0 Å². The summed E-state index contributed by atoms with van der Waals surface area (Å²) in [4.78, 5) is 46.8. The number of alkyl carbamates (subject to hydrolysis) is 1. The van der Waals surface area contributed by atoms with Gasteiger partial charge in [-0.15, -0.1) is 0 Å². The number of hydrogen-bond donors (Lipinski definition) is 4. The van der Waals surface area contributed by atoms with E-state index >= 15 is 0 Å². The molecule has 0 saturated carbocycles. The average molecular weight is 485 g/mol. The van der Waals surface area contributed by atoms with E-state index < -0.39 is 24.0 Å². The summed E-state index contributed by atoms with van der Waals surface area (Å²) in [5, 5.41) is 20.2. The van der Waals surface area contributed by atoms with Gasteiger partial charge in [0.1, 0.15) is 18.4 Å². The molecule has 188 valence electrons. The van der Waals surface area contributed by atoms with Crippen LogP contribution >= 0.6 is 0 Å². The Balaban J connectivity index is 1.73. The maximum Gasteiger partial charge on any atom is 0.408 e. The van der Waals surface area contributed by atoms with Gasteiger partial charge in [-0.2, -0.15) is 0 Å². The van der Waals surface area contributed by atoms with Gasteiger partial charge in [-0.25, -0.2) is 15.1 Å². The molecule has 0 unspecified atom stereocenters. The van der Waals surface area contributed by atoms with Crippen molar-refractivity contribution in [3.63, 3.8) is 0 Å². The van der Waals surface area contributed by atoms with Gasteiger partial charge in [0.05, 0.1) is 0 Å². The molecule has 9 heteroatoms. The van der Waals surface area contributed by atoms with Gasteiger partial charge in [-0.05, 0) is 29.5 Å². The van der Waals surface area contributed by atoms with Crippen molar-refractivity contribution in [2.75, 3.05) is 0 Å². The molecule has 0 bridgehead atoms. The zero-order chi connectivity index (χ0) is 25.5. The lowest BCUT2D eigenvalue weighted by atomic mass is 10.0. The van der Waals surface area contributed by atoms with Gasteiger partial charge in [-0.3, -0.25) is 14.8 Å². The van der Waals surface area contributed by atoms with Gasteiger partial charge in [0.25, 0.3) is 0 Å².